The predicted octanol–water partition coefficient (Wildman–Crippen LogP) is 5.21. The van der Waals surface area contributed by atoms with E-state index in [2.05, 4.69) is 5.32 Å². The molecule has 0 saturated heterocycles. The Bertz CT molecular complexity index is 1300. The second-order valence-electron chi connectivity index (χ2n) is 7.94. The Morgan fingerprint density at radius 3 is 2.44 bits per heavy atom. The predicted molar refractivity (Wildman–Crippen MR) is 125 cm³/mol. The van der Waals surface area contributed by atoms with E-state index in [-0.39, 0.29) is 30.4 Å². The Labute approximate surface area is 203 Å². The van der Waals surface area contributed by atoms with Crippen molar-refractivity contribution in [3.8, 4) is 11.5 Å². The molecule has 0 radical (unpaired) electrons. The van der Waals surface area contributed by atoms with E-state index < -0.39 is 29.9 Å². The molecule has 3 aromatic carbocycles. The molecule has 8 nitrogen and oxygen atoms in total. The third-order valence-electron chi connectivity index (χ3n) is 5.41. The van der Waals surface area contributed by atoms with E-state index in [1.807, 2.05) is 6.07 Å². The molecule has 0 aliphatic carbocycles. The van der Waals surface area contributed by atoms with Crippen LogP contribution >= 0.6 is 0 Å². The number of carbonyl (C=O) groups excluding carboxylic acids is 2. The number of alkyl halides is 3. The van der Waals surface area contributed by atoms with Crippen LogP contribution in [0.15, 0.2) is 72.8 Å². The van der Waals surface area contributed by atoms with E-state index in [9.17, 15) is 22.8 Å². The molecular formula is C25H21F3N4O4. The number of nitrogens with two attached hydrogens (primary N) is 1. The Morgan fingerprint density at radius 2 is 1.75 bits per heavy atom. The van der Waals surface area contributed by atoms with Gasteiger partial charge in [0.25, 0.3) is 0 Å². The van der Waals surface area contributed by atoms with Crippen LogP contribution in [-0.2, 0) is 23.9 Å². The number of amides is 3. The molecule has 0 bridgehead atoms. The van der Waals surface area contributed by atoms with Crippen molar-refractivity contribution in [1.82, 2.24) is 5.32 Å². The molecule has 4 N–H and O–H groups in total. The van der Waals surface area contributed by atoms with Crippen LogP contribution in [0, 0.1) is 5.41 Å². The van der Waals surface area contributed by atoms with Crippen LogP contribution in [0.25, 0.3) is 0 Å². The highest BCUT2D eigenvalue weighted by Gasteiger charge is 2.35. The fraction of sp³-hybridized carbons (Fsp3) is 0.160. The molecule has 1 aliphatic heterocycles. The molecule has 1 heterocycles. The quantitative estimate of drug-likeness (QED) is 0.448. The van der Waals surface area contributed by atoms with E-state index >= 15 is 0 Å². The molecule has 11 heteroatoms. The van der Waals surface area contributed by atoms with Crippen molar-refractivity contribution < 1.29 is 32.2 Å². The highest BCUT2D eigenvalue weighted by atomic mass is 19.4. The van der Waals surface area contributed by atoms with Gasteiger partial charge in [0.05, 0.1) is 17.3 Å². The average molecular weight is 498 g/mol. The second-order valence-corrected chi connectivity index (χ2v) is 7.94. The fourth-order valence-corrected chi connectivity index (χ4v) is 3.75. The molecule has 3 amide bonds. The van der Waals surface area contributed by atoms with Gasteiger partial charge < -0.3 is 20.5 Å². The van der Waals surface area contributed by atoms with Gasteiger partial charge in [0.2, 0.25) is 0 Å². The number of nitrogens with one attached hydrogen (secondary N) is 2. The minimum absolute atomic E-state index is 0.0117. The van der Waals surface area contributed by atoms with Gasteiger partial charge in [-0.25, -0.2) is 14.5 Å². The summed E-state index contributed by atoms with van der Waals surface area (Å²) in [5.41, 5.74) is 6.19. The molecule has 36 heavy (non-hydrogen) atoms. The lowest BCUT2D eigenvalue weighted by Crippen LogP contribution is -2.55. The van der Waals surface area contributed by atoms with Gasteiger partial charge in [-0.05, 0) is 47.5 Å². The normalized spacial score (nSPS) is 15.1. The van der Waals surface area contributed by atoms with Crippen molar-refractivity contribution in [1.29, 1.82) is 5.41 Å². The van der Waals surface area contributed by atoms with Crippen molar-refractivity contribution in [3.05, 3.63) is 89.5 Å². The van der Waals surface area contributed by atoms with Crippen LogP contribution in [0.3, 0.4) is 0 Å². The lowest BCUT2D eigenvalue weighted by molar-refractivity contribution is -0.137. The summed E-state index contributed by atoms with van der Waals surface area (Å²) in [6, 6.07) is 16.0. The lowest BCUT2D eigenvalue weighted by Gasteiger charge is -2.34. The van der Waals surface area contributed by atoms with Crippen LogP contribution in [0.4, 0.5) is 28.4 Å². The minimum atomic E-state index is -4.52. The highest BCUT2D eigenvalue weighted by molar-refractivity contribution is 6.19. The van der Waals surface area contributed by atoms with E-state index in [0.29, 0.717) is 11.3 Å². The Kier molecular flexibility index (Phi) is 6.82. The summed E-state index contributed by atoms with van der Waals surface area (Å²) in [6.45, 7) is 0.0117. The van der Waals surface area contributed by atoms with Crippen LogP contribution < -0.4 is 20.7 Å². The summed E-state index contributed by atoms with van der Waals surface area (Å²) in [6.07, 6.45) is -5.22. The first kappa shape index (κ1) is 24.6. The monoisotopic (exact) mass is 498 g/mol. The van der Waals surface area contributed by atoms with Gasteiger partial charge in [-0.15, -0.1) is 0 Å². The van der Waals surface area contributed by atoms with Crippen LogP contribution in [0.2, 0.25) is 0 Å². The molecule has 1 atom stereocenters. The smallest absolute Gasteiger partial charge is 0.416 e. The van der Waals surface area contributed by atoms with E-state index in [0.717, 1.165) is 22.6 Å². The largest absolute Gasteiger partial charge is 0.457 e. The number of amidine groups is 1. The van der Waals surface area contributed by atoms with Crippen molar-refractivity contribution in [2.45, 2.75) is 25.2 Å². The number of benzene rings is 3. The van der Waals surface area contributed by atoms with Crippen LogP contribution in [0.1, 0.15) is 16.7 Å². The van der Waals surface area contributed by atoms with Crippen molar-refractivity contribution in [3.63, 3.8) is 0 Å². The van der Waals surface area contributed by atoms with Gasteiger partial charge in [0.1, 0.15) is 23.9 Å². The summed E-state index contributed by atoms with van der Waals surface area (Å²) in [7, 11) is 0. The van der Waals surface area contributed by atoms with E-state index in [1.54, 1.807) is 24.3 Å². The third-order valence-corrected chi connectivity index (χ3v) is 5.41. The summed E-state index contributed by atoms with van der Waals surface area (Å²) in [5, 5.41) is 10.9. The number of ether oxygens (including phenoxy) is 2. The van der Waals surface area contributed by atoms with Crippen molar-refractivity contribution in [2.75, 3.05) is 4.90 Å². The summed E-state index contributed by atoms with van der Waals surface area (Å²) in [5.74, 6) is -0.0752. The van der Waals surface area contributed by atoms with Gasteiger partial charge in [-0.1, -0.05) is 36.4 Å². The average Bonchev–Trinajstić information content (AvgIpc) is 2.83. The second kappa shape index (κ2) is 9.98. The number of carbonyl (C=O) groups is 2. The maximum atomic E-state index is 13.0. The zero-order valence-corrected chi connectivity index (χ0v) is 18.7. The van der Waals surface area contributed by atoms with Gasteiger partial charge in [0.15, 0.2) is 0 Å². The van der Waals surface area contributed by atoms with Crippen LogP contribution in [0.5, 0.6) is 11.5 Å². The van der Waals surface area contributed by atoms with Gasteiger partial charge in [-0.2, -0.15) is 13.2 Å². The number of fused-ring (bicyclic) bond motifs is 1. The molecule has 0 aromatic heterocycles. The molecule has 186 valence electrons. The fourth-order valence-electron chi connectivity index (χ4n) is 3.75. The maximum Gasteiger partial charge on any atom is 0.416 e. The van der Waals surface area contributed by atoms with Gasteiger partial charge >= 0.3 is 18.3 Å². The molecule has 1 aliphatic rings. The summed E-state index contributed by atoms with van der Waals surface area (Å²) < 4.78 is 49.9. The summed E-state index contributed by atoms with van der Waals surface area (Å²) >= 11 is 0. The number of hydrogen-bond donors (Lipinski definition) is 3. The van der Waals surface area contributed by atoms with E-state index in [4.69, 9.17) is 20.6 Å². The molecule has 0 saturated carbocycles. The van der Waals surface area contributed by atoms with Crippen molar-refractivity contribution in [2.24, 2.45) is 5.73 Å². The number of alkyl carbamates (subject to hydrolysis) is 1. The molecular weight excluding hydrogens is 477 g/mol. The zero-order valence-electron chi connectivity index (χ0n) is 18.7. The number of nitrogens with zero attached hydrogens (tertiary/aromatic N) is 1. The number of rotatable bonds is 5. The first-order chi connectivity index (χ1) is 17.1. The molecule has 4 rings (SSSR count). The SMILES string of the molecule is N=C1C(NC(=O)OCc2ccccc2)Cc2cc(Oc3cccc(C(F)(F)F)c3)ccc2N1C(N)=O. The topological polar surface area (TPSA) is 118 Å². The number of anilines is 1. The van der Waals surface area contributed by atoms with Gasteiger partial charge in [-0.3, -0.25) is 5.41 Å². The van der Waals surface area contributed by atoms with Crippen molar-refractivity contribution >= 4 is 23.6 Å². The number of primary amides is 1. The standard InChI is InChI=1S/C25H21F3N4O4/c26-25(27,28)17-7-4-8-18(13-17)36-19-9-10-21-16(11-19)12-20(22(29)32(21)23(30)33)31-24(34)35-14-15-5-2-1-3-6-15/h1-11,13,20,29H,12,14H2,(H2,30,33)(H,31,34). The summed E-state index contributed by atoms with van der Waals surface area (Å²) in [4.78, 5) is 25.4. The Morgan fingerprint density at radius 1 is 1.03 bits per heavy atom. The Balaban J connectivity index is 1.52. The highest BCUT2D eigenvalue weighted by Crippen LogP contribution is 2.35. The maximum absolute atomic E-state index is 13.0. The first-order valence-corrected chi connectivity index (χ1v) is 10.7. The van der Waals surface area contributed by atoms with Crippen LogP contribution in [-0.4, -0.2) is 24.0 Å². The third kappa shape index (κ3) is 5.57. The molecule has 3 aromatic rings. The lowest BCUT2D eigenvalue weighted by atomic mass is 9.96. The number of urea groups is 1. The van der Waals surface area contributed by atoms with E-state index in [1.165, 1.54) is 30.3 Å². The first-order valence-electron chi connectivity index (χ1n) is 10.7. The minimum Gasteiger partial charge on any atom is -0.457 e. The Hall–Kier alpha value is -4.54. The number of halogens is 3. The molecule has 0 fully saturated rings. The molecule has 0 spiro atoms. The number of hydrogen-bond acceptors (Lipinski definition) is 5. The molecule has 1 unspecified atom stereocenters. The van der Waals surface area contributed by atoms with Gasteiger partial charge in [0, 0.05) is 6.42 Å². The zero-order chi connectivity index (χ0) is 25.9.